The van der Waals surface area contributed by atoms with Crippen LogP contribution in [0.5, 0.6) is 5.75 Å². The van der Waals surface area contributed by atoms with Crippen LogP contribution >= 0.6 is 0 Å². The smallest absolute Gasteiger partial charge is 0.262 e. The number of carbonyl (C=O) groups excluding carboxylic acids is 1. The van der Waals surface area contributed by atoms with Crippen molar-refractivity contribution >= 4 is 11.6 Å². The number of anilines is 1. The molecule has 28 heavy (non-hydrogen) atoms. The standard InChI is InChI=1S/C20H16F3N3O2/c1-11-19(13-4-7-16-15(8-13)24-18(27)10-28-16)20(26(25-11)9-17(22)23)12-2-5-14(21)6-3-12/h2-8,17H,9-10H2,1H3,(H,24,27). The van der Waals surface area contributed by atoms with E-state index in [2.05, 4.69) is 10.4 Å². The van der Waals surface area contributed by atoms with E-state index in [1.165, 1.54) is 28.9 Å². The Hall–Kier alpha value is -3.29. The second-order valence-electron chi connectivity index (χ2n) is 6.44. The number of fused-ring (bicyclic) bond motifs is 1. The fourth-order valence-electron chi connectivity index (χ4n) is 3.33. The molecule has 0 saturated carbocycles. The Morgan fingerprint density at radius 1 is 1.18 bits per heavy atom. The third kappa shape index (κ3) is 3.33. The predicted octanol–water partition coefficient (Wildman–Crippen LogP) is 4.26. The molecule has 0 bridgehead atoms. The predicted molar refractivity (Wildman–Crippen MR) is 97.9 cm³/mol. The summed E-state index contributed by atoms with van der Waals surface area (Å²) in [4.78, 5) is 11.6. The first-order chi connectivity index (χ1) is 13.4. The number of hydrogen-bond acceptors (Lipinski definition) is 3. The van der Waals surface area contributed by atoms with Crippen molar-refractivity contribution in [1.29, 1.82) is 0 Å². The molecule has 0 radical (unpaired) electrons. The number of aryl methyl sites for hydroxylation is 1. The third-order valence-corrected chi connectivity index (χ3v) is 4.46. The van der Waals surface area contributed by atoms with Gasteiger partial charge in [0.15, 0.2) is 6.61 Å². The third-order valence-electron chi connectivity index (χ3n) is 4.46. The zero-order valence-corrected chi connectivity index (χ0v) is 14.9. The maximum absolute atomic E-state index is 13.4. The number of carbonyl (C=O) groups is 1. The molecule has 144 valence electrons. The van der Waals surface area contributed by atoms with Crippen molar-refractivity contribution in [2.24, 2.45) is 0 Å². The molecule has 5 nitrogen and oxygen atoms in total. The van der Waals surface area contributed by atoms with E-state index in [9.17, 15) is 18.0 Å². The number of halogens is 3. The largest absolute Gasteiger partial charge is 0.482 e. The summed E-state index contributed by atoms with van der Waals surface area (Å²) in [6.07, 6.45) is -2.59. The van der Waals surface area contributed by atoms with Crippen LogP contribution in [0.1, 0.15) is 5.69 Å². The minimum Gasteiger partial charge on any atom is -0.482 e. The van der Waals surface area contributed by atoms with Gasteiger partial charge in [-0.2, -0.15) is 5.10 Å². The summed E-state index contributed by atoms with van der Waals surface area (Å²) >= 11 is 0. The lowest BCUT2D eigenvalue weighted by Gasteiger charge is -2.19. The van der Waals surface area contributed by atoms with Gasteiger partial charge in [0.2, 0.25) is 0 Å². The Morgan fingerprint density at radius 3 is 2.61 bits per heavy atom. The molecule has 2 heterocycles. The average molecular weight is 387 g/mol. The molecule has 0 unspecified atom stereocenters. The number of benzene rings is 2. The van der Waals surface area contributed by atoms with Gasteiger partial charge in [-0.3, -0.25) is 9.48 Å². The molecular formula is C20H16F3N3O2. The molecule has 4 rings (SSSR count). The van der Waals surface area contributed by atoms with Crippen molar-refractivity contribution in [1.82, 2.24) is 9.78 Å². The average Bonchev–Trinajstić information content (AvgIpc) is 2.96. The van der Waals surface area contributed by atoms with Gasteiger partial charge in [0.25, 0.3) is 12.3 Å². The second kappa shape index (κ2) is 7.03. The van der Waals surface area contributed by atoms with Gasteiger partial charge in [0.05, 0.1) is 17.1 Å². The van der Waals surface area contributed by atoms with Crippen LogP contribution < -0.4 is 10.1 Å². The molecule has 0 spiro atoms. The van der Waals surface area contributed by atoms with Crippen molar-refractivity contribution in [3.8, 4) is 28.1 Å². The lowest BCUT2D eigenvalue weighted by atomic mass is 9.98. The van der Waals surface area contributed by atoms with Crippen molar-refractivity contribution in [3.63, 3.8) is 0 Å². The minimum atomic E-state index is -2.59. The highest BCUT2D eigenvalue weighted by Crippen LogP contribution is 2.39. The van der Waals surface area contributed by atoms with Crippen LogP contribution in [0.2, 0.25) is 0 Å². The van der Waals surface area contributed by atoms with Crippen LogP contribution in [0.15, 0.2) is 42.5 Å². The zero-order chi connectivity index (χ0) is 19.8. The van der Waals surface area contributed by atoms with Gasteiger partial charge in [-0.25, -0.2) is 13.2 Å². The molecule has 0 fully saturated rings. The van der Waals surface area contributed by atoms with E-state index >= 15 is 0 Å². The highest BCUT2D eigenvalue weighted by Gasteiger charge is 2.23. The van der Waals surface area contributed by atoms with Crippen molar-refractivity contribution in [2.75, 3.05) is 11.9 Å². The molecule has 2 aromatic carbocycles. The van der Waals surface area contributed by atoms with E-state index in [-0.39, 0.29) is 12.5 Å². The van der Waals surface area contributed by atoms with E-state index in [0.717, 1.165) is 0 Å². The quantitative estimate of drug-likeness (QED) is 0.728. The number of ether oxygens (including phenoxy) is 1. The van der Waals surface area contributed by atoms with Gasteiger partial charge in [-0.15, -0.1) is 0 Å². The Kier molecular flexibility index (Phi) is 4.54. The highest BCUT2D eigenvalue weighted by molar-refractivity contribution is 5.97. The fourth-order valence-corrected chi connectivity index (χ4v) is 3.33. The highest BCUT2D eigenvalue weighted by atomic mass is 19.3. The Morgan fingerprint density at radius 2 is 1.89 bits per heavy atom. The minimum absolute atomic E-state index is 0.0570. The number of nitrogens with one attached hydrogen (secondary N) is 1. The molecule has 0 atom stereocenters. The summed E-state index contributed by atoms with van der Waals surface area (Å²) in [5.41, 5.74) is 3.39. The Labute approximate surface area is 158 Å². The summed E-state index contributed by atoms with van der Waals surface area (Å²) in [5, 5.41) is 7.01. The summed E-state index contributed by atoms with van der Waals surface area (Å²) < 4.78 is 46.2. The van der Waals surface area contributed by atoms with E-state index in [1.54, 1.807) is 25.1 Å². The first-order valence-electron chi connectivity index (χ1n) is 8.61. The number of alkyl halides is 2. The van der Waals surface area contributed by atoms with Gasteiger partial charge < -0.3 is 10.1 Å². The van der Waals surface area contributed by atoms with Crippen LogP contribution in [0, 0.1) is 12.7 Å². The molecule has 1 aromatic heterocycles. The number of hydrogen-bond donors (Lipinski definition) is 1. The van der Waals surface area contributed by atoms with Gasteiger partial charge in [0, 0.05) is 11.1 Å². The van der Waals surface area contributed by atoms with E-state index in [4.69, 9.17) is 4.74 Å². The van der Waals surface area contributed by atoms with E-state index in [0.29, 0.717) is 39.5 Å². The van der Waals surface area contributed by atoms with Crippen molar-refractivity contribution < 1.29 is 22.7 Å². The maximum Gasteiger partial charge on any atom is 0.262 e. The second-order valence-corrected chi connectivity index (χ2v) is 6.44. The van der Waals surface area contributed by atoms with Crippen LogP contribution in [-0.4, -0.2) is 28.7 Å². The summed E-state index contributed by atoms with van der Waals surface area (Å²) in [7, 11) is 0. The maximum atomic E-state index is 13.4. The molecule has 8 heteroatoms. The van der Waals surface area contributed by atoms with Crippen LogP contribution in [0.3, 0.4) is 0 Å². The lowest BCUT2D eigenvalue weighted by molar-refractivity contribution is -0.118. The molecule has 1 aliphatic heterocycles. The molecule has 3 aromatic rings. The number of rotatable bonds is 4. The van der Waals surface area contributed by atoms with Crippen LogP contribution in [0.25, 0.3) is 22.4 Å². The summed E-state index contributed by atoms with van der Waals surface area (Å²) in [6.45, 7) is 1.08. The first kappa shape index (κ1) is 18.1. The Balaban J connectivity index is 1.89. The van der Waals surface area contributed by atoms with E-state index in [1.807, 2.05) is 0 Å². The first-order valence-corrected chi connectivity index (χ1v) is 8.61. The Bertz CT molecular complexity index is 1050. The summed E-state index contributed by atoms with van der Waals surface area (Å²) in [5.74, 6) is -0.159. The number of aromatic nitrogens is 2. The van der Waals surface area contributed by atoms with Crippen LogP contribution in [-0.2, 0) is 11.3 Å². The normalized spacial score (nSPS) is 13.2. The molecular weight excluding hydrogens is 371 g/mol. The molecule has 1 N–H and O–H groups in total. The lowest BCUT2D eigenvalue weighted by Crippen LogP contribution is -2.25. The van der Waals surface area contributed by atoms with Gasteiger partial charge >= 0.3 is 0 Å². The van der Waals surface area contributed by atoms with Crippen molar-refractivity contribution in [3.05, 3.63) is 54.0 Å². The topological polar surface area (TPSA) is 56.2 Å². The zero-order valence-electron chi connectivity index (χ0n) is 14.9. The van der Waals surface area contributed by atoms with Gasteiger partial charge in [0.1, 0.15) is 18.1 Å². The summed E-state index contributed by atoms with van der Waals surface area (Å²) in [6, 6.07) is 10.8. The van der Waals surface area contributed by atoms with Gasteiger partial charge in [-0.1, -0.05) is 6.07 Å². The molecule has 1 aliphatic rings. The number of nitrogens with zero attached hydrogens (tertiary/aromatic N) is 2. The fraction of sp³-hybridized carbons (Fsp3) is 0.200. The molecule has 1 amide bonds. The monoisotopic (exact) mass is 387 g/mol. The van der Waals surface area contributed by atoms with Crippen LogP contribution in [0.4, 0.5) is 18.9 Å². The SMILES string of the molecule is Cc1nn(CC(F)F)c(-c2ccc(F)cc2)c1-c1ccc2c(c1)NC(=O)CO2. The molecule has 0 saturated heterocycles. The van der Waals surface area contributed by atoms with E-state index < -0.39 is 18.8 Å². The van der Waals surface area contributed by atoms with Gasteiger partial charge in [-0.05, 0) is 48.9 Å². The molecule has 0 aliphatic carbocycles. The number of amides is 1. The van der Waals surface area contributed by atoms with Crippen molar-refractivity contribution in [2.45, 2.75) is 19.9 Å².